The van der Waals surface area contributed by atoms with Gasteiger partial charge in [-0.3, -0.25) is 9.59 Å². The van der Waals surface area contributed by atoms with Gasteiger partial charge in [-0.25, -0.2) is 0 Å². The summed E-state index contributed by atoms with van der Waals surface area (Å²) in [5, 5.41) is 23.8. The van der Waals surface area contributed by atoms with E-state index >= 15 is 0 Å². The van der Waals surface area contributed by atoms with E-state index in [0.717, 1.165) is 64.2 Å². The molecular formula is C57H107NO5. The molecule has 3 N–H and O–H groups in total. The molecule has 0 aliphatic rings. The Bertz CT molecular complexity index is 1040. The molecule has 0 saturated carbocycles. The van der Waals surface area contributed by atoms with Crippen molar-refractivity contribution in [2.75, 3.05) is 6.61 Å². The summed E-state index contributed by atoms with van der Waals surface area (Å²) < 4.78 is 5.95. The van der Waals surface area contributed by atoms with Crippen molar-refractivity contribution < 1.29 is 24.5 Å². The lowest BCUT2D eigenvalue weighted by Gasteiger charge is -2.24. The maximum atomic E-state index is 13.2. The number of hydrogen-bond donors (Lipinski definition) is 3. The van der Waals surface area contributed by atoms with Gasteiger partial charge in [-0.1, -0.05) is 231 Å². The summed E-state index contributed by atoms with van der Waals surface area (Å²) in [5.41, 5.74) is 0. The Hall–Kier alpha value is -1.92. The van der Waals surface area contributed by atoms with Crippen molar-refractivity contribution in [2.45, 2.75) is 309 Å². The molecule has 0 heterocycles. The Morgan fingerprint density at radius 3 is 1.27 bits per heavy atom. The number of rotatable bonds is 50. The van der Waals surface area contributed by atoms with Crippen molar-refractivity contribution in [1.82, 2.24) is 5.32 Å². The number of aliphatic hydroxyl groups excluding tert-OH is 2. The van der Waals surface area contributed by atoms with E-state index in [9.17, 15) is 19.8 Å². The summed E-state index contributed by atoms with van der Waals surface area (Å²) in [6.07, 6.45) is 60.6. The Balaban J connectivity index is 4.52. The molecule has 0 bridgehead atoms. The maximum Gasteiger partial charge on any atom is 0.306 e. The Kier molecular flexibility index (Phi) is 49.5. The number of nitrogens with one attached hydrogen (secondary N) is 1. The van der Waals surface area contributed by atoms with Crippen molar-refractivity contribution in [1.29, 1.82) is 0 Å². The van der Waals surface area contributed by atoms with Crippen LogP contribution in [0, 0.1) is 0 Å². The zero-order chi connectivity index (χ0) is 45.9. The van der Waals surface area contributed by atoms with Crippen molar-refractivity contribution in [3.8, 4) is 0 Å². The van der Waals surface area contributed by atoms with Crippen molar-refractivity contribution in [3.63, 3.8) is 0 Å². The van der Waals surface area contributed by atoms with Crippen LogP contribution in [0.3, 0.4) is 0 Å². The average Bonchev–Trinajstić information content (AvgIpc) is 3.28. The molecule has 370 valence electrons. The van der Waals surface area contributed by atoms with Gasteiger partial charge in [0.2, 0.25) is 5.91 Å². The SMILES string of the molecule is CCCCC/C=C\C/C=C\CCCCCCCCCCCC(=O)OC(CCCCCCC/C=C\CCCCCC)CC(=O)NC(CO)C(O)CCCCCCCCCCCCCC. The third-order valence-electron chi connectivity index (χ3n) is 12.7. The first-order valence-electron chi connectivity index (χ1n) is 27.7. The van der Waals surface area contributed by atoms with Crippen molar-refractivity contribution in [2.24, 2.45) is 0 Å². The van der Waals surface area contributed by atoms with Gasteiger partial charge in [0.15, 0.2) is 0 Å². The van der Waals surface area contributed by atoms with Crippen LogP contribution in [0.2, 0.25) is 0 Å². The predicted octanol–water partition coefficient (Wildman–Crippen LogP) is 16.8. The third-order valence-corrected chi connectivity index (χ3v) is 12.7. The quantitative estimate of drug-likeness (QED) is 0.0321. The molecule has 3 unspecified atom stereocenters. The molecule has 0 aliphatic carbocycles. The Labute approximate surface area is 392 Å². The number of ether oxygens (including phenoxy) is 1. The summed E-state index contributed by atoms with van der Waals surface area (Å²) in [5.74, 6) is -0.475. The second-order valence-electron chi connectivity index (χ2n) is 19.0. The minimum atomic E-state index is -0.788. The summed E-state index contributed by atoms with van der Waals surface area (Å²) in [7, 11) is 0. The lowest BCUT2D eigenvalue weighted by molar-refractivity contribution is -0.151. The monoisotopic (exact) mass is 886 g/mol. The van der Waals surface area contributed by atoms with Gasteiger partial charge in [0, 0.05) is 6.42 Å². The van der Waals surface area contributed by atoms with E-state index in [0.29, 0.717) is 19.3 Å². The number of carbonyl (C=O) groups excluding carboxylic acids is 2. The average molecular weight is 886 g/mol. The number of unbranched alkanes of at least 4 members (excludes halogenated alkanes) is 32. The molecule has 0 aromatic heterocycles. The second kappa shape index (κ2) is 51.1. The zero-order valence-corrected chi connectivity index (χ0v) is 42.2. The molecule has 0 rings (SSSR count). The summed E-state index contributed by atoms with van der Waals surface area (Å²) in [6.45, 7) is 6.46. The van der Waals surface area contributed by atoms with Crippen LogP contribution in [0.25, 0.3) is 0 Å². The zero-order valence-electron chi connectivity index (χ0n) is 42.2. The highest BCUT2D eigenvalue weighted by molar-refractivity contribution is 5.77. The van der Waals surface area contributed by atoms with E-state index in [4.69, 9.17) is 4.74 Å². The lowest BCUT2D eigenvalue weighted by Crippen LogP contribution is -2.46. The lowest BCUT2D eigenvalue weighted by atomic mass is 10.0. The van der Waals surface area contributed by atoms with Gasteiger partial charge in [-0.05, 0) is 83.5 Å². The van der Waals surface area contributed by atoms with E-state index in [1.807, 2.05) is 0 Å². The van der Waals surface area contributed by atoms with E-state index in [1.165, 1.54) is 180 Å². The highest BCUT2D eigenvalue weighted by Crippen LogP contribution is 2.18. The third kappa shape index (κ3) is 46.4. The summed E-state index contributed by atoms with van der Waals surface area (Å²) in [4.78, 5) is 26.2. The standard InChI is InChI=1S/C57H107NO5/c1-4-7-10-13-16-19-22-25-26-27-28-29-30-32-35-38-41-44-47-50-57(62)63-53(48-45-42-39-36-33-31-23-20-17-14-11-8-5-2)51-56(61)58-54(52-59)55(60)49-46-43-40-37-34-24-21-18-15-12-9-6-3/h16,19-20,23,25-26,53-55,59-60H,4-15,17-18,21-22,24,27-52H2,1-3H3,(H,58,61)/b19-16-,23-20-,26-25-. The molecule has 0 aromatic rings. The van der Waals surface area contributed by atoms with Gasteiger partial charge in [0.1, 0.15) is 6.10 Å². The van der Waals surface area contributed by atoms with Crippen LogP contribution in [-0.2, 0) is 14.3 Å². The van der Waals surface area contributed by atoms with Crippen LogP contribution in [-0.4, -0.2) is 46.9 Å². The molecule has 6 nitrogen and oxygen atoms in total. The van der Waals surface area contributed by atoms with Gasteiger partial charge in [0.05, 0.1) is 25.2 Å². The van der Waals surface area contributed by atoms with E-state index in [2.05, 4.69) is 62.5 Å². The second-order valence-corrected chi connectivity index (χ2v) is 19.0. The molecule has 6 heteroatoms. The fourth-order valence-corrected chi connectivity index (χ4v) is 8.46. The highest BCUT2D eigenvalue weighted by Gasteiger charge is 2.24. The van der Waals surface area contributed by atoms with Crippen LogP contribution in [0.1, 0.15) is 290 Å². The van der Waals surface area contributed by atoms with E-state index in [1.54, 1.807) is 0 Å². The number of amides is 1. The van der Waals surface area contributed by atoms with Crippen LogP contribution < -0.4 is 5.32 Å². The number of carbonyl (C=O) groups is 2. The van der Waals surface area contributed by atoms with Crippen LogP contribution in [0.5, 0.6) is 0 Å². The smallest absolute Gasteiger partial charge is 0.306 e. The minimum absolute atomic E-state index is 0.0729. The predicted molar refractivity (Wildman–Crippen MR) is 273 cm³/mol. The maximum absolute atomic E-state index is 13.2. The van der Waals surface area contributed by atoms with Gasteiger partial charge in [0.25, 0.3) is 0 Å². The van der Waals surface area contributed by atoms with Gasteiger partial charge in [-0.2, -0.15) is 0 Å². The molecular weight excluding hydrogens is 779 g/mol. The molecule has 63 heavy (non-hydrogen) atoms. The summed E-state index contributed by atoms with van der Waals surface area (Å²) in [6, 6.07) is -0.702. The normalized spacial score (nSPS) is 13.4. The van der Waals surface area contributed by atoms with Crippen LogP contribution >= 0.6 is 0 Å². The van der Waals surface area contributed by atoms with Gasteiger partial charge in [-0.15, -0.1) is 0 Å². The summed E-state index contributed by atoms with van der Waals surface area (Å²) >= 11 is 0. The molecule has 0 fully saturated rings. The minimum Gasteiger partial charge on any atom is -0.462 e. The first kappa shape index (κ1) is 61.1. The molecule has 0 aromatic carbocycles. The van der Waals surface area contributed by atoms with E-state index in [-0.39, 0.29) is 24.9 Å². The number of allylic oxidation sites excluding steroid dienone is 6. The van der Waals surface area contributed by atoms with Crippen molar-refractivity contribution >= 4 is 11.9 Å². The molecule has 0 saturated heterocycles. The molecule has 3 atom stereocenters. The topological polar surface area (TPSA) is 95.9 Å². The van der Waals surface area contributed by atoms with Gasteiger partial charge >= 0.3 is 5.97 Å². The number of hydrogen-bond acceptors (Lipinski definition) is 5. The number of aliphatic hydroxyl groups is 2. The number of esters is 1. The molecule has 0 spiro atoms. The van der Waals surface area contributed by atoms with Crippen LogP contribution in [0.15, 0.2) is 36.5 Å². The molecule has 1 amide bonds. The Morgan fingerprint density at radius 1 is 0.460 bits per heavy atom. The van der Waals surface area contributed by atoms with E-state index < -0.39 is 18.2 Å². The molecule has 0 radical (unpaired) electrons. The van der Waals surface area contributed by atoms with Crippen molar-refractivity contribution in [3.05, 3.63) is 36.5 Å². The highest BCUT2D eigenvalue weighted by atomic mass is 16.5. The van der Waals surface area contributed by atoms with Gasteiger partial charge < -0.3 is 20.3 Å². The first-order valence-corrected chi connectivity index (χ1v) is 27.7. The fourth-order valence-electron chi connectivity index (χ4n) is 8.46. The first-order chi connectivity index (χ1) is 31.0. The Morgan fingerprint density at radius 2 is 0.810 bits per heavy atom. The molecule has 0 aliphatic heterocycles. The fraction of sp³-hybridized carbons (Fsp3) is 0.860. The van der Waals surface area contributed by atoms with Crippen LogP contribution in [0.4, 0.5) is 0 Å². The largest absolute Gasteiger partial charge is 0.462 e.